The molecule has 2 nitrogen and oxygen atoms in total. The highest BCUT2D eigenvalue weighted by Crippen LogP contribution is 2.36. The van der Waals surface area contributed by atoms with Crippen molar-refractivity contribution in [3.63, 3.8) is 0 Å². The van der Waals surface area contributed by atoms with Crippen LogP contribution in [0.15, 0.2) is 16.7 Å². The molecule has 3 heteroatoms. The van der Waals surface area contributed by atoms with E-state index >= 15 is 0 Å². The topological polar surface area (TPSA) is 16.1 Å². The molecule has 0 spiro atoms. The maximum atomic E-state index is 4.56. The van der Waals surface area contributed by atoms with Crippen LogP contribution in [0, 0.1) is 18.3 Å². The third-order valence-electron chi connectivity index (χ3n) is 3.67. The molecule has 0 aliphatic carbocycles. The molecule has 2 heterocycles. The molecule has 1 aliphatic heterocycles. The Bertz CT molecular complexity index is 409. The van der Waals surface area contributed by atoms with Gasteiger partial charge in [0.1, 0.15) is 5.82 Å². The third kappa shape index (κ3) is 2.82. The molecule has 2 rings (SSSR count). The molecule has 1 aromatic rings. The molecule has 0 radical (unpaired) electrons. The number of aromatic nitrogens is 1. The van der Waals surface area contributed by atoms with Gasteiger partial charge in [0, 0.05) is 19.3 Å². The normalized spacial score (nSPS) is 21.0. The highest BCUT2D eigenvalue weighted by molar-refractivity contribution is 9.10. The predicted molar refractivity (Wildman–Crippen MR) is 76.4 cm³/mol. The summed E-state index contributed by atoms with van der Waals surface area (Å²) in [6, 6.07) is 2.15. The summed E-state index contributed by atoms with van der Waals surface area (Å²) in [7, 11) is 0. The lowest BCUT2D eigenvalue weighted by atomic mass is 9.80. The number of halogens is 1. The maximum Gasteiger partial charge on any atom is 0.142 e. The Morgan fingerprint density at radius 1 is 1.41 bits per heavy atom. The highest BCUT2D eigenvalue weighted by atomic mass is 79.9. The van der Waals surface area contributed by atoms with Gasteiger partial charge in [0.05, 0.1) is 4.47 Å². The van der Waals surface area contributed by atoms with E-state index in [1.165, 1.54) is 12.0 Å². The maximum absolute atomic E-state index is 4.56. The molecule has 0 N–H and O–H groups in total. The van der Waals surface area contributed by atoms with Gasteiger partial charge in [-0.05, 0) is 52.2 Å². The van der Waals surface area contributed by atoms with Crippen LogP contribution in [0.2, 0.25) is 0 Å². The molecule has 0 bridgehead atoms. The van der Waals surface area contributed by atoms with Crippen molar-refractivity contribution >= 4 is 21.7 Å². The zero-order valence-electron chi connectivity index (χ0n) is 11.1. The zero-order chi connectivity index (χ0) is 12.6. The smallest absolute Gasteiger partial charge is 0.142 e. The molecule has 94 valence electrons. The lowest BCUT2D eigenvalue weighted by molar-refractivity contribution is 0.263. The zero-order valence-corrected chi connectivity index (χ0v) is 12.7. The van der Waals surface area contributed by atoms with E-state index in [9.17, 15) is 0 Å². The van der Waals surface area contributed by atoms with Crippen molar-refractivity contribution in [2.24, 2.45) is 11.3 Å². The minimum atomic E-state index is 0.395. The van der Waals surface area contributed by atoms with E-state index in [4.69, 9.17) is 0 Å². The molecular formula is C14H21BrN2. The highest BCUT2D eigenvalue weighted by Gasteiger charge is 2.32. The minimum absolute atomic E-state index is 0.395. The predicted octanol–water partition coefficient (Wildman–Crippen LogP) is 4.02. The average Bonchev–Trinajstić information content (AvgIpc) is 2.65. The largest absolute Gasteiger partial charge is 0.355 e. The number of anilines is 1. The summed E-state index contributed by atoms with van der Waals surface area (Å²) in [5, 5.41) is 0. The van der Waals surface area contributed by atoms with Gasteiger partial charge in [0.2, 0.25) is 0 Å². The quantitative estimate of drug-likeness (QED) is 0.778. The molecule has 1 saturated heterocycles. The van der Waals surface area contributed by atoms with Gasteiger partial charge in [0.25, 0.3) is 0 Å². The molecule has 1 unspecified atom stereocenters. The molecular weight excluding hydrogens is 276 g/mol. The second-order valence-electron chi connectivity index (χ2n) is 6.12. The van der Waals surface area contributed by atoms with Crippen LogP contribution >= 0.6 is 15.9 Å². The van der Waals surface area contributed by atoms with Gasteiger partial charge in [-0.25, -0.2) is 4.98 Å². The minimum Gasteiger partial charge on any atom is -0.355 e. The number of nitrogens with zero attached hydrogens (tertiary/aromatic N) is 2. The van der Waals surface area contributed by atoms with E-state index in [1.807, 2.05) is 6.20 Å². The van der Waals surface area contributed by atoms with Crippen molar-refractivity contribution in [2.45, 2.75) is 34.1 Å². The third-order valence-corrected chi connectivity index (χ3v) is 4.25. The fourth-order valence-corrected chi connectivity index (χ4v) is 3.13. The lowest BCUT2D eigenvalue weighted by Crippen LogP contribution is -2.26. The van der Waals surface area contributed by atoms with Gasteiger partial charge < -0.3 is 4.90 Å². The van der Waals surface area contributed by atoms with Gasteiger partial charge in [-0.1, -0.05) is 20.8 Å². The Hall–Kier alpha value is -0.570. The Morgan fingerprint density at radius 3 is 2.65 bits per heavy atom. The number of hydrogen-bond acceptors (Lipinski definition) is 2. The molecule has 0 amide bonds. The van der Waals surface area contributed by atoms with Crippen LogP contribution in [0.3, 0.4) is 0 Å². The van der Waals surface area contributed by atoms with E-state index in [2.05, 4.69) is 59.6 Å². The van der Waals surface area contributed by atoms with Crippen molar-refractivity contribution in [1.82, 2.24) is 4.98 Å². The first-order chi connectivity index (χ1) is 7.88. The molecule has 1 atom stereocenters. The summed E-state index contributed by atoms with van der Waals surface area (Å²) >= 11 is 3.62. The molecule has 1 fully saturated rings. The van der Waals surface area contributed by atoms with Gasteiger partial charge in [-0.3, -0.25) is 0 Å². The van der Waals surface area contributed by atoms with Crippen LogP contribution in [0.1, 0.15) is 32.8 Å². The van der Waals surface area contributed by atoms with Crippen LogP contribution < -0.4 is 4.90 Å². The summed E-state index contributed by atoms with van der Waals surface area (Å²) in [6.07, 6.45) is 3.22. The summed E-state index contributed by atoms with van der Waals surface area (Å²) in [5.74, 6) is 1.86. The molecule has 1 aromatic heterocycles. The summed E-state index contributed by atoms with van der Waals surface area (Å²) in [4.78, 5) is 6.96. The second-order valence-corrected chi connectivity index (χ2v) is 6.97. The van der Waals surface area contributed by atoms with Gasteiger partial charge in [-0.15, -0.1) is 0 Å². The number of rotatable bonds is 1. The average molecular weight is 297 g/mol. The number of hydrogen-bond donors (Lipinski definition) is 0. The van der Waals surface area contributed by atoms with E-state index < -0.39 is 0 Å². The second kappa shape index (κ2) is 4.60. The van der Waals surface area contributed by atoms with Crippen LogP contribution in [-0.2, 0) is 0 Å². The Labute approximate surface area is 113 Å². The van der Waals surface area contributed by atoms with Crippen LogP contribution in [0.5, 0.6) is 0 Å². The van der Waals surface area contributed by atoms with Crippen molar-refractivity contribution < 1.29 is 0 Å². The first-order valence-electron chi connectivity index (χ1n) is 6.25. The lowest BCUT2D eigenvalue weighted by Gasteiger charge is -2.27. The Kier molecular flexibility index (Phi) is 3.48. The van der Waals surface area contributed by atoms with E-state index in [0.29, 0.717) is 5.41 Å². The van der Waals surface area contributed by atoms with Crippen LogP contribution in [-0.4, -0.2) is 18.1 Å². The van der Waals surface area contributed by atoms with E-state index in [-0.39, 0.29) is 0 Å². The monoisotopic (exact) mass is 296 g/mol. The van der Waals surface area contributed by atoms with Crippen molar-refractivity contribution in [1.29, 1.82) is 0 Å². The molecule has 0 saturated carbocycles. The SMILES string of the molecule is Cc1cnc(N2CCC(C(C)(C)C)C2)c(Br)c1. The van der Waals surface area contributed by atoms with Gasteiger partial charge in [-0.2, -0.15) is 0 Å². The fourth-order valence-electron chi connectivity index (χ4n) is 2.42. The van der Waals surface area contributed by atoms with E-state index in [1.54, 1.807) is 0 Å². The van der Waals surface area contributed by atoms with Crippen molar-refractivity contribution in [2.75, 3.05) is 18.0 Å². The standard InChI is InChI=1S/C14H21BrN2/c1-10-7-12(15)13(16-8-10)17-6-5-11(9-17)14(2,3)4/h7-8,11H,5-6,9H2,1-4H3. The van der Waals surface area contributed by atoms with Gasteiger partial charge in [0.15, 0.2) is 0 Å². The molecule has 1 aliphatic rings. The molecule has 0 aromatic carbocycles. The van der Waals surface area contributed by atoms with E-state index in [0.717, 1.165) is 29.3 Å². The van der Waals surface area contributed by atoms with Crippen LogP contribution in [0.25, 0.3) is 0 Å². The fraction of sp³-hybridized carbons (Fsp3) is 0.643. The first-order valence-corrected chi connectivity index (χ1v) is 7.04. The van der Waals surface area contributed by atoms with Crippen molar-refractivity contribution in [3.8, 4) is 0 Å². The Balaban J connectivity index is 2.15. The van der Waals surface area contributed by atoms with Crippen molar-refractivity contribution in [3.05, 3.63) is 22.3 Å². The summed E-state index contributed by atoms with van der Waals surface area (Å²) in [5.41, 5.74) is 1.60. The number of pyridine rings is 1. The molecule has 17 heavy (non-hydrogen) atoms. The first kappa shape index (κ1) is 12.9. The summed E-state index contributed by atoms with van der Waals surface area (Å²) < 4.78 is 1.12. The van der Waals surface area contributed by atoms with Crippen LogP contribution in [0.4, 0.5) is 5.82 Å². The summed E-state index contributed by atoms with van der Waals surface area (Å²) in [6.45, 7) is 11.3. The number of aryl methyl sites for hydroxylation is 1. The van der Waals surface area contributed by atoms with Gasteiger partial charge >= 0.3 is 0 Å². The Morgan fingerprint density at radius 2 is 2.12 bits per heavy atom.